The topological polar surface area (TPSA) is 15.3 Å². The van der Waals surface area contributed by atoms with Gasteiger partial charge in [-0.15, -0.1) is 11.3 Å². The predicted octanol–water partition coefficient (Wildman–Crippen LogP) is 4.86. The summed E-state index contributed by atoms with van der Waals surface area (Å²) in [6.07, 6.45) is 13.0. The molecule has 0 unspecified atom stereocenters. The molecule has 5 fully saturated rings. The van der Waals surface area contributed by atoms with E-state index in [0.29, 0.717) is 0 Å². The molecular formula is C22H34N2S. The van der Waals surface area contributed by atoms with Crippen LogP contribution in [0.25, 0.3) is 0 Å². The fourth-order valence-corrected chi connectivity index (χ4v) is 8.26. The average molecular weight is 359 g/mol. The van der Waals surface area contributed by atoms with Crippen molar-refractivity contribution in [3.8, 4) is 0 Å². The Labute approximate surface area is 157 Å². The molecule has 5 saturated carbocycles. The molecule has 138 valence electrons. The van der Waals surface area contributed by atoms with Gasteiger partial charge in [-0.25, -0.2) is 0 Å². The number of nitrogens with one attached hydrogen (secondary N) is 1. The average Bonchev–Trinajstić information content (AvgIpc) is 3.13. The highest BCUT2D eigenvalue weighted by molar-refractivity contribution is 7.10. The molecular weight excluding hydrogens is 324 g/mol. The van der Waals surface area contributed by atoms with Crippen LogP contribution >= 0.6 is 11.3 Å². The van der Waals surface area contributed by atoms with Crippen LogP contribution in [0.2, 0.25) is 0 Å². The molecule has 0 spiro atoms. The fourth-order valence-electron chi connectivity index (χ4n) is 7.19. The monoisotopic (exact) mass is 358 g/mol. The van der Waals surface area contributed by atoms with Gasteiger partial charge in [-0.05, 0) is 107 Å². The van der Waals surface area contributed by atoms with E-state index in [1.807, 2.05) is 11.3 Å². The molecule has 0 aliphatic heterocycles. The van der Waals surface area contributed by atoms with Crippen molar-refractivity contribution < 1.29 is 0 Å². The summed E-state index contributed by atoms with van der Waals surface area (Å²) in [6, 6.07) is 6.20. The Morgan fingerprint density at radius 2 is 1.64 bits per heavy atom. The van der Waals surface area contributed by atoms with E-state index in [2.05, 4.69) is 41.8 Å². The molecule has 25 heavy (non-hydrogen) atoms. The van der Waals surface area contributed by atoms with Crippen LogP contribution < -0.4 is 5.32 Å². The lowest BCUT2D eigenvalue weighted by Crippen LogP contribution is -2.58. The zero-order valence-corrected chi connectivity index (χ0v) is 16.7. The Kier molecular flexibility index (Phi) is 4.26. The van der Waals surface area contributed by atoms with Gasteiger partial charge >= 0.3 is 0 Å². The van der Waals surface area contributed by atoms with Crippen LogP contribution in [0.5, 0.6) is 0 Å². The molecule has 1 heterocycles. The van der Waals surface area contributed by atoms with Gasteiger partial charge in [0.2, 0.25) is 0 Å². The van der Waals surface area contributed by atoms with E-state index in [1.165, 1.54) is 51.4 Å². The molecule has 5 aliphatic carbocycles. The summed E-state index contributed by atoms with van der Waals surface area (Å²) in [5.74, 6) is 4.20. The van der Waals surface area contributed by atoms with E-state index < -0.39 is 0 Å². The third kappa shape index (κ3) is 2.82. The highest BCUT2D eigenvalue weighted by atomic mass is 32.1. The van der Waals surface area contributed by atoms with Crippen LogP contribution in [0.3, 0.4) is 0 Å². The molecule has 2 nitrogen and oxygen atoms in total. The first-order valence-electron chi connectivity index (χ1n) is 10.6. The van der Waals surface area contributed by atoms with Crippen molar-refractivity contribution in [3.63, 3.8) is 0 Å². The van der Waals surface area contributed by atoms with Gasteiger partial charge in [0.05, 0.1) is 5.54 Å². The van der Waals surface area contributed by atoms with Gasteiger partial charge < -0.3 is 5.32 Å². The Balaban J connectivity index is 1.25. The van der Waals surface area contributed by atoms with E-state index in [0.717, 1.165) is 35.8 Å². The maximum atomic E-state index is 4.21. The third-order valence-electron chi connectivity index (χ3n) is 8.30. The molecule has 0 atom stereocenters. The predicted molar refractivity (Wildman–Crippen MR) is 106 cm³/mol. The Morgan fingerprint density at radius 1 is 1.00 bits per heavy atom. The third-order valence-corrected chi connectivity index (χ3v) is 9.37. The van der Waals surface area contributed by atoms with Gasteiger partial charge in [0.15, 0.2) is 0 Å². The van der Waals surface area contributed by atoms with Crippen molar-refractivity contribution in [2.75, 3.05) is 14.1 Å². The van der Waals surface area contributed by atoms with Crippen LogP contribution in [0.4, 0.5) is 0 Å². The summed E-state index contributed by atoms with van der Waals surface area (Å²) < 4.78 is 0. The molecule has 0 saturated heterocycles. The van der Waals surface area contributed by atoms with Gasteiger partial charge in [0.1, 0.15) is 0 Å². The first kappa shape index (κ1) is 16.8. The molecule has 6 rings (SSSR count). The summed E-state index contributed by atoms with van der Waals surface area (Å²) in [6.45, 7) is 0. The smallest absolute Gasteiger partial charge is 0.0549 e. The zero-order chi connectivity index (χ0) is 17.0. The molecule has 1 aromatic heterocycles. The molecule has 5 aliphatic rings. The Morgan fingerprint density at radius 3 is 2.16 bits per heavy atom. The SMILES string of the molecule is CN(C)C1(c2cccs2)CCC(NC2C3CC4CC(C3)CC2C4)CC1. The first-order valence-corrected chi connectivity index (χ1v) is 11.5. The second-order valence-corrected chi connectivity index (χ2v) is 10.7. The maximum absolute atomic E-state index is 4.21. The molecule has 0 radical (unpaired) electrons. The highest BCUT2D eigenvalue weighted by Gasteiger charge is 2.49. The quantitative estimate of drug-likeness (QED) is 0.827. The van der Waals surface area contributed by atoms with E-state index in [9.17, 15) is 0 Å². The van der Waals surface area contributed by atoms with Gasteiger partial charge in [0.25, 0.3) is 0 Å². The normalized spacial score (nSPS) is 46.0. The van der Waals surface area contributed by atoms with Crippen molar-refractivity contribution in [3.05, 3.63) is 22.4 Å². The summed E-state index contributed by atoms with van der Waals surface area (Å²) >= 11 is 1.95. The number of hydrogen-bond donors (Lipinski definition) is 1. The number of thiophene rings is 1. The lowest BCUT2D eigenvalue weighted by atomic mass is 9.54. The lowest BCUT2D eigenvalue weighted by Gasteiger charge is -2.56. The minimum atomic E-state index is 0.288. The van der Waals surface area contributed by atoms with Gasteiger partial charge in [-0.1, -0.05) is 6.07 Å². The van der Waals surface area contributed by atoms with Crippen molar-refractivity contribution in [2.45, 2.75) is 75.4 Å². The van der Waals surface area contributed by atoms with Gasteiger partial charge in [-0.2, -0.15) is 0 Å². The fraction of sp³-hybridized carbons (Fsp3) is 0.818. The molecule has 1 N–H and O–H groups in total. The van der Waals surface area contributed by atoms with Crippen LogP contribution in [0, 0.1) is 23.7 Å². The van der Waals surface area contributed by atoms with Crippen molar-refractivity contribution >= 4 is 11.3 Å². The maximum Gasteiger partial charge on any atom is 0.0549 e. The first-order chi connectivity index (χ1) is 12.1. The Bertz CT molecular complexity index is 557. The number of nitrogens with zero attached hydrogens (tertiary/aromatic N) is 1. The summed E-state index contributed by atoms with van der Waals surface area (Å²) in [7, 11) is 4.57. The summed E-state index contributed by atoms with van der Waals surface area (Å²) in [5, 5.41) is 6.46. The second-order valence-electron chi connectivity index (χ2n) is 9.80. The minimum Gasteiger partial charge on any atom is -0.311 e. The zero-order valence-electron chi connectivity index (χ0n) is 15.9. The molecule has 1 aromatic rings. The van der Waals surface area contributed by atoms with Crippen LogP contribution in [0.1, 0.15) is 62.7 Å². The number of rotatable bonds is 4. The molecule has 3 heteroatoms. The lowest BCUT2D eigenvalue weighted by molar-refractivity contribution is -0.0226. The van der Waals surface area contributed by atoms with Crippen molar-refractivity contribution in [2.24, 2.45) is 23.7 Å². The van der Waals surface area contributed by atoms with Crippen molar-refractivity contribution in [1.29, 1.82) is 0 Å². The molecule has 0 amide bonds. The highest BCUT2D eigenvalue weighted by Crippen LogP contribution is 2.54. The van der Waals surface area contributed by atoms with E-state index in [-0.39, 0.29) is 5.54 Å². The molecule has 0 aromatic carbocycles. The van der Waals surface area contributed by atoms with Crippen molar-refractivity contribution in [1.82, 2.24) is 10.2 Å². The minimum absolute atomic E-state index is 0.288. The second kappa shape index (κ2) is 6.35. The van der Waals surface area contributed by atoms with E-state index in [4.69, 9.17) is 0 Å². The van der Waals surface area contributed by atoms with Gasteiger partial charge in [0, 0.05) is 17.0 Å². The Hall–Kier alpha value is -0.380. The summed E-state index contributed by atoms with van der Waals surface area (Å²) in [5.41, 5.74) is 0.288. The van der Waals surface area contributed by atoms with E-state index in [1.54, 1.807) is 11.3 Å². The molecule has 4 bridgehead atoms. The van der Waals surface area contributed by atoms with E-state index >= 15 is 0 Å². The van der Waals surface area contributed by atoms with Crippen LogP contribution in [-0.2, 0) is 5.54 Å². The van der Waals surface area contributed by atoms with Crippen LogP contribution in [-0.4, -0.2) is 31.1 Å². The van der Waals surface area contributed by atoms with Crippen LogP contribution in [0.15, 0.2) is 17.5 Å². The largest absolute Gasteiger partial charge is 0.311 e. The standard InChI is InChI=1S/C22H34N2S/c1-24(2)22(20-4-3-9-25-20)7-5-19(6-8-22)23-21-17-11-15-10-16(13-17)14-18(21)12-15/h3-4,9,15-19,21,23H,5-8,10-14H2,1-2H3. The number of hydrogen-bond acceptors (Lipinski definition) is 3. The summed E-state index contributed by atoms with van der Waals surface area (Å²) in [4.78, 5) is 4.07. The van der Waals surface area contributed by atoms with Gasteiger partial charge in [-0.3, -0.25) is 4.90 Å².